The molecule has 2 aromatic carbocycles. The minimum Gasteiger partial charge on any atom is -0.481 e. The number of nitrogens with zero attached hydrogens (tertiary/aromatic N) is 2. The van der Waals surface area contributed by atoms with Crippen molar-refractivity contribution in [1.82, 2.24) is 9.21 Å². The SMILES string of the molecule is C[C@@H]1CN(CCCc2ccc(OC(F)(F)F)cc2)C[C@H](C)N1S(=O)(=O)c1cccc(CC(=O)O)c1. The van der Waals surface area contributed by atoms with Crippen molar-refractivity contribution < 1.29 is 36.2 Å². The van der Waals surface area contributed by atoms with Crippen LogP contribution in [0.3, 0.4) is 0 Å². The number of hydrogen-bond acceptors (Lipinski definition) is 5. The van der Waals surface area contributed by atoms with Gasteiger partial charge in [0.2, 0.25) is 10.0 Å². The number of alkyl halides is 3. The van der Waals surface area contributed by atoms with Gasteiger partial charge in [0.25, 0.3) is 0 Å². The number of carboxylic acid groups (broad SMARTS) is 1. The molecule has 35 heavy (non-hydrogen) atoms. The van der Waals surface area contributed by atoms with E-state index >= 15 is 0 Å². The Morgan fingerprint density at radius 2 is 1.69 bits per heavy atom. The molecule has 1 saturated heterocycles. The van der Waals surface area contributed by atoms with Gasteiger partial charge in [0, 0.05) is 25.2 Å². The Bertz CT molecular complexity index is 1110. The molecule has 0 unspecified atom stereocenters. The summed E-state index contributed by atoms with van der Waals surface area (Å²) in [6, 6.07) is 11.3. The lowest BCUT2D eigenvalue weighted by molar-refractivity contribution is -0.274. The lowest BCUT2D eigenvalue weighted by Crippen LogP contribution is -2.58. The van der Waals surface area contributed by atoms with Crippen LogP contribution in [0.1, 0.15) is 31.4 Å². The van der Waals surface area contributed by atoms with E-state index in [2.05, 4.69) is 9.64 Å². The van der Waals surface area contributed by atoms with Crippen molar-refractivity contribution in [3.8, 4) is 5.75 Å². The zero-order valence-electron chi connectivity index (χ0n) is 19.5. The smallest absolute Gasteiger partial charge is 0.481 e. The van der Waals surface area contributed by atoms with Crippen molar-refractivity contribution in [1.29, 1.82) is 0 Å². The minimum atomic E-state index is -4.72. The Balaban J connectivity index is 1.57. The third kappa shape index (κ3) is 7.42. The average molecular weight is 515 g/mol. The number of piperazine rings is 1. The van der Waals surface area contributed by atoms with Gasteiger partial charge in [0.15, 0.2) is 0 Å². The summed E-state index contributed by atoms with van der Waals surface area (Å²) in [7, 11) is -3.80. The van der Waals surface area contributed by atoms with E-state index in [1.165, 1.54) is 28.6 Å². The molecule has 1 fully saturated rings. The fourth-order valence-corrected chi connectivity index (χ4v) is 6.43. The van der Waals surface area contributed by atoms with E-state index in [1.807, 2.05) is 13.8 Å². The number of hydrogen-bond donors (Lipinski definition) is 1. The van der Waals surface area contributed by atoms with Crippen LogP contribution in [0.4, 0.5) is 13.2 Å². The third-order valence-corrected chi connectivity index (χ3v) is 7.96. The molecule has 1 heterocycles. The zero-order valence-corrected chi connectivity index (χ0v) is 20.3. The number of carboxylic acids is 1. The highest BCUT2D eigenvalue weighted by Crippen LogP contribution is 2.27. The molecule has 1 aliphatic heterocycles. The molecular formula is C24H29F3N2O5S. The highest BCUT2D eigenvalue weighted by Gasteiger charge is 2.38. The second-order valence-corrected chi connectivity index (χ2v) is 10.6. The fourth-order valence-electron chi connectivity index (χ4n) is 4.55. The first-order valence-electron chi connectivity index (χ1n) is 11.3. The van der Waals surface area contributed by atoms with Gasteiger partial charge in [-0.1, -0.05) is 24.3 Å². The third-order valence-electron chi connectivity index (χ3n) is 5.84. The van der Waals surface area contributed by atoms with E-state index in [9.17, 15) is 26.4 Å². The Morgan fingerprint density at radius 1 is 1.06 bits per heavy atom. The van der Waals surface area contributed by atoms with Gasteiger partial charge in [-0.2, -0.15) is 4.31 Å². The molecule has 2 aromatic rings. The number of sulfonamides is 1. The van der Waals surface area contributed by atoms with Crippen LogP contribution in [0.5, 0.6) is 5.75 Å². The maximum Gasteiger partial charge on any atom is 0.573 e. The Kier molecular flexibility index (Phi) is 8.45. The van der Waals surface area contributed by atoms with Crippen molar-refractivity contribution >= 4 is 16.0 Å². The molecule has 0 amide bonds. The van der Waals surface area contributed by atoms with Gasteiger partial charge in [-0.3, -0.25) is 4.79 Å². The number of carbonyl (C=O) groups is 1. The molecule has 3 rings (SSSR count). The Morgan fingerprint density at radius 3 is 2.26 bits per heavy atom. The first kappa shape index (κ1) is 27.0. The molecule has 0 radical (unpaired) electrons. The van der Waals surface area contributed by atoms with Crippen LogP contribution in [0, 0.1) is 0 Å². The molecule has 0 bridgehead atoms. The molecule has 7 nitrogen and oxygen atoms in total. The van der Waals surface area contributed by atoms with Crippen LogP contribution in [-0.2, 0) is 27.7 Å². The topological polar surface area (TPSA) is 87.2 Å². The largest absolute Gasteiger partial charge is 0.573 e. The van der Waals surface area contributed by atoms with E-state index in [4.69, 9.17) is 5.11 Å². The van der Waals surface area contributed by atoms with Gasteiger partial charge in [-0.05, 0) is 68.6 Å². The van der Waals surface area contributed by atoms with Crippen molar-refractivity contribution in [2.24, 2.45) is 0 Å². The molecule has 0 saturated carbocycles. The molecule has 192 valence electrons. The fraction of sp³-hybridized carbons (Fsp3) is 0.458. The van der Waals surface area contributed by atoms with Crippen LogP contribution in [0.25, 0.3) is 0 Å². The second-order valence-electron chi connectivity index (χ2n) is 8.81. The van der Waals surface area contributed by atoms with E-state index < -0.39 is 22.4 Å². The molecule has 0 aliphatic carbocycles. The first-order chi connectivity index (χ1) is 16.3. The predicted molar refractivity (Wildman–Crippen MR) is 124 cm³/mol. The average Bonchev–Trinajstić information content (AvgIpc) is 2.73. The maximum atomic E-state index is 13.3. The van der Waals surface area contributed by atoms with Gasteiger partial charge >= 0.3 is 12.3 Å². The van der Waals surface area contributed by atoms with Crippen molar-refractivity contribution in [3.05, 3.63) is 59.7 Å². The lowest BCUT2D eigenvalue weighted by atomic mass is 10.1. The zero-order chi connectivity index (χ0) is 25.8. The van der Waals surface area contributed by atoms with Crippen LogP contribution in [0.2, 0.25) is 0 Å². The summed E-state index contributed by atoms with van der Waals surface area (Å²) in [6.07, 6.45) is -3.53. The van der Waals surface area contributed by atoms with Gasteiger partial charge in [0.05, 0.1) is 11.3 Å². The number of aliphatic carboxylic acids is 1. The van der Waals surface area contributed by atoms with E-state index in [0.717, 1.165) is 18.5 Å². The van der Waals surface area contributed by atoms with Gasteiger partial charge in [0.1, 0.15) is 5.75 Å². The van der Waals surface area contributed by atoms with Gasteiger partial charge in [-0.25, -0.2) is 8.42 Å². The summed E-state index contributed by atoms with van der Waals surface area (Å²) in [5.41, 5.74) is 1.32. The van der Waals surface area contributed by atoms with Crippen LogP contribution in [-0.4, -0.2) is 66.8 Å². The normalized spacial score (nSPS) is 20.0. The van der Waals surface area contributed by atoms with Gasteiger partial charge < -0.3 is 14.7 Å². The molecule has 1 aliphatic rings. The lowest BCUT2D eigenvalue weighted by Gasteiger charge is -2.43. The second kappa shape index (κ2) is 11.0. The molecular weight excluding hydrogens is 485 g/mol. The number of benzene rings is 2. The summed E-state index contributed by atoms with van der Waals surface area (Å²) in [6.45, 7) is 5.49. The van der Waals surface area contributed by atoms with E-state index in [1.54, 1.807) is 24.3 Å². The standard InChI is InChI=1S/C24H29F3N2O5S/c1-17-15-28(12-4-6-19-8-10-21(11-9-19)34-24(25,26)27)16-18(2)29(17)35(32,33)22-7-3-5-20(13-22)14-23(30)31/h3,5,7-11,13,17-18H,4,6,12,14-16H2,1-2H3,(H,30,31)/t17-,18+. The highest BCUT2D eigenvalue weighted by molar-refractivity contribution is 7.89. The minimum absolute atomic E-state index is 0.0846. The Hall–Kier alpha value is -2.63. The van der Waals surface area contributed by atoms with Crippen LogP contribution < -0.4 is 4.74 Å². The quantitative estimate of drug-likeness (QED) is 0.546. The van der Waals surface area contributed by atoms with Gasteiger partial charge in [-0.15, -0.1) is 13.2 Å². The predicted octanol–water partition coefficient (Wildman–Crippen LogP) is 3.93. The first-order valence-corrected chi connectivity index (χ1v) is 12.7. The van der Waals surface area contributed by atoms with Crippen LogP contribution >= 0.6 is 0 Å². The van der Waals surface area contributed by atoms with Crippen LogP contribution in [0.15, 0.2) is 53.4 Å². The molecule has 2 atom stereocenters. The van der Waals surface area contributed by atoms with E-state index in [-0.39, 0.29) is 29.1 Å². The monoisotopic (exact) mass is 514 g/mol. The summed E-state index contributed by atoms with van der Waals surface area (Å²) < 4.78 is 68.9. The molecule has 11 heteroatoms. The summed E-state index contributed by atoms with van der Waals surface area (Å²) in [4.78, 5) is 13.3. The van der Waals surface area contributed by atoms with Crippen molar-refractivity contribution in [3.63, 3.8) is 0 Å². The van der Waals surface area contributed by atoms with E-state index in [0.29, 0.717) is 25.1 Å². The number of aryl methyl sites for hydroxylation is 1. The molecule has 0 aromatic heterocycles. The maximum absolute atomic E-state index is 13.3. The summed E-state index contributed by atoms with van der Waals surface area (Å²) >= 11 is 0. The summed E-state index contributed by atoms with van der Waals surface area (Å²) in [5, 5.41) is 9.01. The summed E-state index contributed by atoms with van der Waals surface area (Å²) in [5.74, 6) is -1.28. The highest BCUT2D eigenvalue weighted by atomic mass is 32.2. The number of rotatable bonds is 9. The molecule has 1 N–H and O–H groups in total. The molecule has 0 spiro atoms. The Labute approximate surface area is 203 Å². The van der Waals surface area contributed by atoms with Crippen molar-refractivity contribution in [2.75, 3.05) is 19.6 Å². The number of halogens is 3. The van der Waals surface area contributed by atoms with Crippen molar-refractivity contribution in [2.45, 2.75) is 56.5 Å². The number of ether oxygens (including phenoxy) is 1.